The first-order valence-corrected chi connectivity index (χ1v) is 4.99. The normalized spacial score (nSPS) is 9.69. The third kappa shape index (κ3) is 2.33. The fourth-order valence-corrected chi connectivity index (χ4v) is 1.70. The first-order chi connectivity index (χ1) is 7.51. The highest BCUT2D eigenvalue weighted by Crippen LogP contribution is 2.30. The van der Waals surface area contributed by atoms with Gasteiger partial charge in [-0.15, -0.1) is 0 Å². The highest BCUT2D eigenvalue weighted by molar-refractivity contribution is 9.10. The van der Waals surface area contributed by atoms with Gasteiger partial charge in [-0.2, -0.15) is 0 Å². The predicted octanol–water partition coefficient (Wildman–Crippen LogP) is 1.94. The number of aromatic carboxylic acids is 1. The molecule has 5 nitrogen and oxygen atoms in total. The number of hydrogen-bond donors (Lipinski definition) is 1. The Labute approximate surface area is 100 Å². The smallest absolute Gasteiger partial charge is 0.338 e. The minimum Gasteiger partial charge on any atom is -0.496 e. The summed E-state index contributed by atoms with van der Waals surface area (Å²) in [6, 6.07) is 2.63. The van der Waals surface area contributed by atoms with Gasteiger partial charge < -0.3 is 14.6 Å². The van der Waals surface area contributed by atoms with Crippen LogP contribution in [0.25, 0.3) is 0 Å². The molecule has 0 saturated carbocycles. The Morgan fingerprint density at radius 1 is 1.31 bits per heavy atom. The number of halogens is 1. The monoisotopic (exact) mass is 288 g/mol. The molecule has 0 fully saturated rings. The number of carboxylic acids is 1. The molecule has 0 aromatic heterocycles. The Hall–Kier alpha value is -1.56. The van der Waals surface area contributed by atoms with Crippen molar-refractivity contribution < 1.29 is 24.2 Å². The van der Waals surface area contributed by atoms with E-state index in [1.54, 1.807) is 0 Å². The zero-order chi connectivity index (χ0) is 12.3. The van der Waals surface area contributed by atoms with E-state index in [2.05, 4.69) is 20.7 Å². The summed E-state index contributed by atoms with van der Waals surface area (Å²) in [4.78, 5) is 22.2. The van der Waals surface area contributed by atoms with Gasteiger partial charge in [-0.3, -0.25) is 0 Å². The molecule has 6 heteroatoms. The Balaban J connectivity index is 3.40. The standard InChI is InChI=1S/C10H9BrO5/c1-15-7-4-5(10(14)16-2)3-6(8(7)11)9(12)13/h3-4H,1-2H3,(H,12,13). The van der Waals surface area contributed by atoms with Crippen LogP contribution < -0.4 is 4.74 Å². The second kappa shape index (κ2) is 4.98. The van der Waals surface area contributed by atoms with Gasteiger partial charge in [0.15, 0.2) is 0 Å². The van der Waals surface area contributed by atoms with Gasteiger partial charge in [-0.1, -0.05) is 0 Å². The van der Waals surface area contributed by atoms with Crippen LogP contribution in [0.15, 0.2) is 16.6 Å². The van der Waals surface area contributed by atoms with Crippen LogP contribution in [0.5, 0.6) is 5.75 Å². The van der Waals surface area contributed by atoms with Crippen molar-refractivity contribution in [1.29, 1.82) is 0 Å². The van der Waals surface area contributed by atoms with Gasteiger partial charge in [0, 0.05) is 0 Å². The molecule has 0 aliphatic heterocycles. The van der Waals surface area contributed by atoms with Crippen molar-refractivity contribution in [3.8, 4) is 5.75 Å². The number of carbonyl (C=O) groups is 2. The molecule has 0 atom stereocenters. The molecular formula is C10H9BrO5. The fourth-order valence-electron chi connectivity index (χ4n) is 1.14. The lowest BCUT2D eigenvalue weighted by atomic mass is 10.1. The predicted molar refractivity (Wildman–Crippen MR) is 59.0 cm³/mol. The molecule has 0 spiro atoms. The van der Waals surface area contributed by atoms with Crippen LogP contribution in [-0.4, -0.2) is 31.3 Å². The van der Waals surface area contributed by atoms with Crippen molar-refractivity contribution in [2.24, 2.45) is 0 Å². The van der Waals surface area contributed by atoms with Crippen LogP contribution in [0, 0.1) is 0 Å². The van der Waals surface area contributed by atoms with E-state index in [0.717, 1.165) is 0 Å². The lowest BCUT2D eigenvalue weighted by molar-refractivity contribution is 0.0600. The molecule has 0 bridgehead atoms. The Morgan fingerprint density at radius 3 is 2.38 bits per heavy atom. The molecule has 0 aliphatic carbocycles. The highest BCUT2D eigenvalue weighted by Gasteiger charge is 2.18. The average molecular weight is 289 g/mol. The highest BCUT2D eigenvalue weighted by atomic mass is 79.9. The Bertz CT molecular complexity index is 441. The molecule has 0 aliphatic rings. The summed E-state index contributed by atoms with van der Waals surface area (Å²) in [5, 5.41) is 8.93. The molecule has 1 N–H and O–H groups in total. The number of carbonyl (C=O) groups excluding carboxylic acids is 1. The summed E-state index contributed by atoms with van der Waals surface area (Å²) in [6.45, 7) is 0. The van der Waals surface area contributed by atoms with Crippen molar-refractivity contribution >= 4 is 27.9 Å². The Kier molecular flexibility index (Phi) is 3.89. The number of ether oxygens (including phenoxy) is 2. The quantitative estimate of drug-likeness (QED) is 0.861. The molecule has 0 heterocycles. The van der Waals surface area contributed by atoms with E-state index in [1.807, 2.05) is 0 Å². The summed E-state index contributed by atoms with van der Waals surface area (Å²) in [6.07, 6.45) is 0. The number of benzene rings is 1. The molecule has 0 saturated heterocycles. The molecule has 86 valence electrons. The molecule has 1 aromatic rings. The zero-order valence-corrected chi connectivity index (χ0v) is 10.2. The van der Waals surface area contributed by atoms with Crippen LogP contribution in [0.2, 0.25) is 0 Å². The van der Waals surface area contributed by atoms with E-state index in [0.29, 0.717) is 0 Å². The van der Waals surface area contributed by atoms with Gasteiger partial charge in [0.05, 0.1) is 29.8 Å². The van der Waals surface area contributed by atoms with Crippen LogP contribution in [0.1, 0.15) is 20.7 Å². The largest absolute Gasteiger partial charge is 0.496 e. The minimum absolute atomic E-state index is 0.0558. The molecule has 1 aromatic carbocycles. The molecular weight excluding hydrogens is 280 g/mol. The minimum atomic E-state index is -1.16. The topological polar surface area (TPSA) is 72.8 Å². The molecule has 0 unspecified atom stereocenters. The van der Waals surface area contributed by atoms with Gasteiger partial charge >= 0.3 is 11.9 Å². The molecule has 16 heavy (non-hydrogen) atoms. The summed E-state index contributed by atoms with van der Waals surface area (Å²) in [7, 11) is 2.60. The van der Waals surface area contributed by atoms with Crippen molar-refractivity contribution in [2.75, 3.05) is 14.2 Å². The maximum Gasteiger partial charge on any atom is 0.338 e. The van der Waals surface area contributed by atoms with E-state index in [4.69, 9.17) is 9.84 Å². The first-order valence-electron chi connectivity index (χ1n) is 4.20. The maximum atomic E-state index is 11.3. The van der Waals surface area contributed by atoms with Crippen molar-refractivity contribution in [3.05, 3.63) is 27.7 Å². The number of esters is 1. The van der Waals surface area contributed by atoms with E-state index >= 15 is 0 Å². The van der Waals surface area contributed by atoms with E-state index < -0.39 is 11.9 Å². The number of rotatable bonds is 3. The molecule has 0 radical (unpaired) electrons. The number of methoxy groups -OCH3 is 2. The van der Waals surface area contributed by atoms with Crippen LogP contribution in [-0.2, 0) is 4.74 Å². The van der Waals surface area contributed by atoms with Gasteiger partial charge in [0.1, 0.15) is 5.75 Å². The SMILES string of the molecule is COC(=O)c1cc(OC)c(Br)c(C(=O)O)c1. The van der Waals surface area contributed by atoms with E-state index in [1.165, 1.54) is 26.4 Å². The van der Waals surface area contributed by atoms with Crippen LogP contribution in [0.4, 0.5) is 0 Å². The van der Waals surface area contributed by atoms with Crippen molar-refractivity contribution in [3.63, 3.8) is 0 Å². The van der Waals surface area contributed by atoms with Crippen LogP contribution >= 0.6 is 15.9 Å². The third-order valence-corrected chi connectivity index (χ3v) is 2.73. The van der Waals surface area contributed by atoms with E-state index in [-0.39, 0.29) is 21.3 Å². The summed E-state index contributed by atoms with van der Waals surface area (Å²) >= 11 is 3.09. The van der Waals surface area contributed by atoms with E-state index in [9.17, 15) is 9.59 Å². The third-order valence-electron chi connectivity index (χ3n) is 1.91. The first kappa shape index (κ1) is 12.5. The molecule has 0 amide bonds. The van der Waals surface area contributed by atoms with Gasteiger partial charge in [0.2, 0.25) is 0 Å². The second-order valence-electron chi connectivity index (χ2n) is 2.84. The summed E-state index contributed by atoms with van der Waals surface area (Å²) < 4.78 is 9.75. The summed E-state index contributed by atoms with van der Waals surface area (Å²) in [5.74, 6) is -1.51. The lowest BCUT2D eigenvalue weighted by Gasteiger charge is -2.08. The number of hydrogen-bond acceptors (Lipinski definition) is 4. The van der Waals surface area contributed by atoms with Gasteiger partial charge in [0.25, 0.3) is 0 Å². The van der Waals surface area contributed by atoms with Gasteiger partial charge in [-0.25, -0.2) is 9.59 Å². The lowest BCUT2D eigenvalue weighted by Crippen LogP contribution is -2.06. The average Bonchev–Trinajstić information content (AvgIpc) is 2.27. The fraction of sp³-hybridized carbons (Fsp3) is 0.200. The second-order valence-corrected chi connectivity index (χ2v) is 3.63. The maximum absolute atomic E-state index is 11.3. The summed E-state index contributed by atoms with van der Waals surface area (Å²) in [5.41, 5.74) is 0.0692. The van der Waals surface area contributed by atoms with Crippen molar-refractivity contribution in [1.82, 2.24) is 0 Å². The number of carboxylic acid groups (broad SMARTS) is 1. The van der Waals surface area contributed by atoms with Crippen molar-refractivity contribution in [2.45, 2.75) is 0 Å². The Morgan fingerprint density at radius 2 is 1.94 bits per heavy atom. The zero-order valence-electron chi connectivity index (χ0n) is 8.61. The van der Waals surface area contributed by atoms with Gasteiger partial charge in [-0.05, 0) is 28.1 Å². The molecule has 1 rings (SSSR count). The van der Waals surface area contributed by atoms with Crippen LogP contribution in [0.3, 0.4) is 0 Å².